The van der Waals surface area contributed by atoms with Crippen LogP contribution in [0.25, 0.3) is 11.4 Å². The van der Waals surface area contributed by atoms with Crippen molar-refractivity contribution in [2.75, 3.05) is 6.54 Å². The van der Waals surface area contributed by atoms with Crippen LogP contribution in [-0.4, -0.2) is 16.5 Å². The number of hydrogen-bond donors (Lipinski definition) is 1. The van der Waals surface area contributed by atoms with Crippen LogP contribution < -0.4 is 5.32 Å². The van der Waals surface area contributed by atoms with Gasteiger partial charge in [-0.2, -0.15) is 0 Å². The van der Waals surface area contributed by atoms with E-state index in [1.807, 2.05) is 26.1 Å². The van der Waals surface area contributed by atoms with E-state index in [2.05, 4.69) is 29.1 Å². The van der Waals surface area contributed by atoms with Crippen LogP contribution in [0.1, 0.15) is 36.9 Å². The van der Waals surface area contributed by atoms with Gasteiger partial charge in [-0.1, -0.05) is 6.92 Å². The molecule has 2 aromatic heterocycles. The molecule has 0 amide bonds. The molecule has 0 saturated carbocycles. The molecule has 0 radical (unpaired) electrons. The van der Waals surface area contributed by atoms with Crippen LogP contribution in [-0.2, 0) is 0 Å². The summed E-state index contributed by atoms with van der Waals surface area (Å²) in [6, 6.07) is 2.17. The quantitative estimate of drug-likeness (QED) is 0.899. The van der Waals surface area contributed by atoms with Gasteiger partial charge in [0, 0.05) is 23.5 Å². The molecule has 96 valence electrons. The molecule has 2 rings (SSSR count). The Morgan fingerprint density at radius 1 is 1.39 bits per heavy atom. The zero-order valence-corrected chi connectivity index (χ0v) is 11.3. The Kier molecular flexibility index (Phi) is 3.77. The molecular weight excluding hydrogens is 226 g/mol. The highest BCUT2D eigenvalue weighted by Gasteiger charge is 2.12. The van der Waals surface area contributed by atoms with Crippen molar-refractivity contribution >= 4 is 0 Å². The van der Waals surface area contributed by atoms with Crippen LogP contribution in [0.5, 0.6) is 0 Å². The summed E-state index contributed by atoms with van der Waals surface area (Å²) >= 11 is 0. The molecule has 0 spiro atoms. The second kappa shape index (κ2) is 5.31. The smallest absolute Gasteiger partial charge is 0.162 e. The summed E-state index contributed by atoms with van der Waals surface area (Å²) < 4.78 is 5.28. The predicted molar refractivity (Wildman–Crippen MR) is 71.3 cm³/mol. The van der Waals surface area contributed by atoms with E-state index in [1.54, 1.807) is 6.26 Å². The van der Waals surface area contributed by atoms with E-state index in [0.717, 1.165) is 35.0 Å². The fourth-order valence-electron chi connectivity index (χ4n) is 2.06. The second-order valence-corrected chi connectivity index (χ2v) is 4.40. The lowest BCUT2D eigenvalue weighted by molar-refractivity contribution is 0.535. The highest BCUT2D eigenvalue weighted by atomic mass is 16.3. The molecule has 0 aliphatic carbocycles. The lowest BCUT2D eigenvalue weighted by atomic mass is 10.1. The third kappa shape index (κ3) is 2.43. The largest absolute Gasteiger partial charge is 0.469 e. The van der Waals surface area contributed by atoms with Crippen molar-refractivity contribution in [2.45, 2.75) is 33.7 Å². The minimum Gasteiger partial charge on any atom is -0.469 e. The second-order valence-electron chi connectivity index (χ2n) is 4.40. The Labute approximate surface area is 107 Å². The fourth-order valence-corrected chi connectivity index (χ4v) is 2.06. The Morgan fingerprint density at radius 3 is 2.72 bits per heavy atom. The number of aromatic nitrogens is 2. The van der Waals surface area contributed by atoms with E-state index in [0.29, 0.717) is 0 Å². The normalized spacial score (nSPS) is 12.7. The van der Waals surface area contributed by atoms with Gasteiger partial charge in [0.15, 0.2) is 5.82 Å². The molecule has 18 heavy (non-hydrogen) atoms. The molecule has 0 bridgehead atoms. The summed E-state index contributed by atoms with van der Waals surface area (Å²) in [5.41, 5.74) is 3.11. The fraction of sp³-hybridized carbons (Fsp3) is 0.429. The van der Waals surface area contributed by atoms with Gasteiger partial charge in [-0.3, -0.25) is 0 Å². The van der Waals surface area contributed by atoms with Crippen LogP contribution in [0.15, 0.2) is 22.9 Å². The van der Waals surface area contributed by atoms with Gasteiger partial charge in [0.05, 0.1) is 11.8 Å². The van der Waals surface area contributed by atoms with Gasteiger partial charge in [0.25, 0.3) is 0 Å². The van der Waals surface area contributed by atoms with Crippen LogP contribution in [0, 0.1) is 13.8 Å². The van der Waals surface area contributed by atoms with E-state index in [9.17, 15) is 0 Å². The lowest BCUT2D eigenvalue weighted by Gasteiger charge is -2.14. The minimum atomic E-state index is 0.273. The van der Waals surface area contributed by atoms with Gasteiger partial charge >= 0.3 is 0 Å². The summed E-state index contributed by atoms with van der Waals surface area (Å²) in [7, 11) is 0. The average molecular weight is 245 g/mol. The molecular formula is C14H19N3O. The van der Waals surface area contributed by atoms with Gasteiger partial charge < -0.3 is 9.73 Å². The number of hydrogen-bond acceptors (Lipinski definition) is 4. The van der Waals surface area contributed by atoms with Gasteiger partial charge in [-0.25, -0.2) is 9.97 Å². The summed E-state index contributed by atoms with van der Waals surface area (Å²) in [5.74, 6) is 1.58. The zero-order chi connectivity index (χ0) is 13.1. The lowest BCUT2D eigenvalue weighted by Crippen LogP contribution is -2.19. The van der Waals surface area contributed by atoms with Crippen molar-refractivity contribution in [2.24, 2.45) is 0 Å². The van der Waals surface area contributed by atoms with Gasteiger partial charge in [-0.05, 0) is 33.4 Å². The van der Waals surface area contributed by atoms with Crippen molar-refractivity contribution < 1.29 is 4.42 Å². The number of nitrogens with zero attached hydrogens (tertiary/aromatic N) is 2. The third-order valence-corrected chi connectivity index (χ3v) is 3.09. The predicted octanol–water partition coefficient (Wildman–Crippen LogP) is 3.02. The SMILES string of the molecule is CCNC(C)c1cnc(-c2ccoc2C)nc1C. The number of aryl methyl sites for hydroxylation is 2. The molecule has 1 atom stereocenters. The Balaban J connectivity index is 2.33. The maximum Gasteiger partial charge on any atom is 0.162 e. The van der Waals surface area contributed by atoms with Gasteiger partial charge in [-0.15, -0.1) is 0 Å². The summed E-state index contributed by atoms with van der Waals surface area (Å²) in [6.07, 6.45) is 3.57. The zero-order valence-electron chi connectivity index (χ0n) is 11.3. The van der Waals surface area contributed by atoms with Crippen LogP contribution in [0.3, 0.4) is 0 Å². The monoisotopic (exact) mass is 245 g/mol. The number of nitrogens with one attached hydrogen (secondary N) is 1. The first kappa shape index (κ1) is 12.8. The van der Waals surface area contributed by atoms with Crippen LogP contribution in [0.2, 0.25) is 0 Å². The van der Waals surface area contributed by atoms with Crippen molar-refractivity contribution in [3.8, 4) is 11.4 Å². The van der Waals surface area contributed by atoms with Gasteiger partial charge in [0.2, 0.25) is 0 Å². The van der Waals surface area contributed by atoms with Crippen molar-refractivity contribution in [3.05, 3.63) is 35.5 Å². The molecule has 2 aromatic rings. The molecule has 0 fully saturated rings. The van der Waals surface area contributed by atoms with Crippen molar-refractivity contribution in [1.82, 2.24) is 15.3 Å². The molecule has 4 nitrogen and oxygen atoms in total. The van der Waals surface area contributed by atoms with E-state index >= 15 is 0 Å². The molecule has 4 heteroatoms. The number of furan rings is 1. The summed E-state index contributed by atoms with van der Waals surface area (Å²) in [6.45, 7) is 9.09. The van der Waals surface area contributed by atoms with E-state index in [4.69, 9.17) is 4.42 Å². The molecule has 0 aromatic carbocycles. The molecule has 2 heterocycles. The molecule has 0 aliphatic rings. The van der Waals surface area contributed by atoms with Crippen molar-refractivity contribution in [3.63, 3.8) is 0 Å². The number of rotatable bonds is 4. The third-order valence-electron chi connectivity index (χ3n) is 3.09. The maximum atomic E-state index is 5.28. The van der Waals surface area contributed by atoms with Crippen LogP contribution >= 0.6 is 0 Å². The molecule has 0 saturated heterocycles. The molecule has 1 unspecified atom stereocenters. The van der Waals surface area contributed by atoms with Crippen molar-refractivity contribution in [1.29, 1.82) is 0 Å². The summed E-state index contributed by atoms with van der Waals surface area (Å²) in [5, 5.41) is 3.37. The maximum absolute atomic E-state index is 5.28. The Morgan fingerprint density at radius 2 is 2.17 bits per heavy atom. The first-order chi connectivity index (χ1) is 8.63. The summed E-state index contributed by atoms with van der Waals surface area (Å²) in [4.78, 5) is 9.00. The van der Waals surface area contributed by atoms with Crippen LogP contribution in [0.4, 0.5) is 0 Å². The first-order valence-corrected chi connectivity index (χ1v) is 6.24. The van der Waals surface area contributed by atoms with E-state index < -0.39 is 0 Å². The van der Waals surface area contributed by atoms with Gasteiger partial charge in [0.1, 0.15) is 5.76 Å². The Bertz CT molecular complexity index is 534. The molecule has 0 aliphatic heterocycles. The standard InChI is InChI=1S/C14H19N3O/c1-5-15-9(2)13-8-16-14(17-10(13)3)12-6-7-18-11(12)4/h6-9,15H,5H2,1-4H3. The highest BCUT2D eigenvalue weighted by molar-refractivity contribution is 5.57. The average Bonchev–Trinajstić information content (AvgIpc) is 2.75. The van der Waals surface area contributed by atoms with E-state index in [-0.39, 0.29) is 6.04 Å². The highest BCUT2D eigenvalue weighted by Crippen LogP contribution is 2.23. The molecule has 1 N–H and O–H groups in total. The van der Waals surface area contributed by atoms with E-state index in [1.165, 1.54) is 0 Å². The first-order valence-electron chi connectivity index (χ1n) is 6.24. The topological polar surface area (TPSA) is 51.0 Å². The Hall–Kier alpha value is -1.68. The minimum absolute atomic E-state index is 0.273.